The predicted octanol–water partition coefficient (Wildman–Crippen LogP) is 2.42. The molecule has 1 saturated heterocycles. The van der Waals surface area contributed by atoms with E-state index in [2.05, 4.69) is 9.88 Å². The van der Waals surface area contributed by atoms with Crippen LogP contribution in [0.15, 0.2) is 18.2 Å². The second kappa shape index (κ2) is 5.91. The van der Waals surface area contributed by atoms with E-state index in [1.807, 2.05) is 25.1 Å². The minimum Gasteiger partial charge on any atom is -0.481 e. The number of anilines is 1. The SMILES string of the molecule is CCCC1(C(=O)O)CCN(c2cccc(C#N)n2)CC1. The van der Waals surface area contributed by atoms with E-state index in [4.69, 9.17) is 5.26 Å². The van der Waals surface area contributed by atoms with Crippen LogP contribution in [-0.2, 0) is 4.79 Å². The van der Waals surface area contributed by atoms with Gasteiger partial charge in [-0.3, -0.25) is 4.79 Å². The topological polar surface area (TPSA) is 77.2 Å². The molecule has 0 atom stereocenters. The zero-order chi connectivity index (χ0) is 14.6. The summed E-state index contributed by atoms with van der Waals surface area (Å²) < 4.78 is 0. The number of carboxylic acids is 1. The maximum atomic E-state index is 11.5. The summed E-state index contributed by atoms with van der Waals surface area (Å²) >= 11 is 0. The van der Waals surface area contributed by atoms with Crippen LogP contribution >= 0.6 is 0 Å². The summed E-state index contributed by atoms with van der Waals surface area (Å²) in [5.41, 5.74) is -0.191. The van der Waals surface area contributed by atoms with Gasteiger partial charge in [0.25, 0.3) is 0 Å². The molecule has 106 valence electrons. The van der Waals surface area contributed by atoms with Crippen LogP contribution in [0.5, 0.6) is 0 Å². The molecule has 1 fully saturated rings. The Bertz CT molecular complexity index is 528. The highest BCUT2D eigenvalue weighted by molar-refractivity contribution is 5.75. The molecule has 0 bridgehead atoms. The molecule has 5 nitrogen and oxygen atoms in total. The van der Waals surface area contributed by atoms with Gasteiger partial charge < -0.3 is 10.0 Å². The molecule has 5 heteroatoms. The van der Waals surface area contributed by atoms with Crippen LogP contribution in [0.2, 0.25) is 0 Å². The van der Waals surface area contributed by atoms with Gasteiger partial charge in [0.2, 0.25) is 0 Å². The Hall–Kier alpha value is -2.09. The summed E-state index contributed by atoms with van der Waals surface area (Å²) in [6, 6.07) is 7.38. The summed E-state index contributed by atoms with van der Waals surface area (Å²) in [6.07, 6.45) is 2.87. The number of hydrogen-bond acceptors (Lipinski definition) is 4. The highest BCUT2D eigenvalue weighted by Gasteiger charge is 2.40. The van der Waals surface area contributed by atoms with Gasteiger partial charge >= 0.3 is 5.97 Å². The molecule has 1 aliphatic heterocycles. The van der Waals surface area contributed by atoms with E-state index in [-0.39, 0.29) is 0 Å². The van der Waals surface area contributed by atoms with Gasteiger partial charge in [-0.25, -0.2) is 4.98 Å². The summed E-state index contributed by atoms with van der Waals surface area (Å²) in [4.78, 5) is 17.9. The zero-order valence-electron chi connectivity index (χ0n) is 11.7. The molecule has 0 spiro atoms. The van der Waals surface area contributed by atoms with Gasteiger partial charge in [0.15, 0.2) is 0 Å². The molecule has 0 amide bonds. The van der Waals surface area contributed by atoms with Crippen LogP contribution in [-0.4, -0.2) is 29.1 Å². The Balaban J connectivity index is 2.10. The third-order valence-electron chi connectivity index (χ3n) is 4.08. The molecule has 1 aromatic heterocycles. The molecular weight excluding hydrogens is 254 g/mol. The lowest BCUT2D eigenvalue weighted by Gasteiger charge is -2.39. The molecule has 1 aromatic rings. The van der Waals surface area contributed by atoms with Gasteiger partial charge in [0.1, 0.15) is 17.6 Å². The van der Waals surface area contributed by atoms with Crippen molar-refractivity contribution in [2.75, 3.05) is 18.0 Å². The van der Waals surface area contributed by atoms with Gasteiger partial charge in [0, 0.05) is 13.1 Å². The first-order valence-corrected chi connectivity index (χ1v) is 6.97. The number of aliphatic carboxylic acids is 1. The second-order valence-electron chi connectivity index (χ2n) is 5.32. The lowest BCUT2D eigenvalue weighted by Crippen LogP contribution is -2.44. The smallest absolute Gasteiger partial charge is 0.309 e. The van der Waals surface area contributed by atoms with Crippen molar-refractivity contribution in [2.45, 2.75) is 32.6 Å². The summed E-state index contributed by atoms with van der Waals surface area (Å²) in [5.74, 6) is 0.0808. The lowest BCUT2D eigenvalue weighted by atomic mass is 9.75. The fourth-order valence-electron chi connectivity index (χ4n) is 2.87. The average Bonchev–Trinajstić information content (AvgIpc) is 2.48. The summed E-state index contributed by atoms with van der Waals surface area (Å²) in [7, 11) is 0. The molecular formula is C15H19N3O2. The Kier molecular flexibility index (Phi) is 4.23. The highest BCUT2D eigenvalue weighted by atomic mass is 16.4. The minimum absolute atomic E-state index is 0.395. The largest absolute Gasteiger partial charge is 0.481 e. The van der Waals surface area contributed by atoms with Crippen molar-refractivity contribution in [1.82, 2.24) is 4.98 Å². The standard InChI is InChI=1S/C15H19N3O2/c1-2-6-15(14(19)20)7-9-18(10-8-15)13-5-3-4-12(11-16)17-13/h3-5H,2,6-10H2,1H3,(H,19,20). The number of nitriles is 1. The van der Waals surface area contributed by atoms with Crippen molar-refractivity contribution in [3.8, 4) is 6.07 Å². The van der Waals surface area contributed by atoms with Crippen molar-refractivity contribution in [3.63, 3.8) is 0 Å². The molecule has 0 aromatic carbocycles. The van der Waals surface area contributed by atoms with Crippen molar-refractivity contribution in [2.24, 2.45) is 5.41 Å². The van der Waals surface area contributed by atoms with Crippen molar-refractivity contribution in [1.29, 1.82) is 5.26 Å². The Morgan fingerprint density at radius 3 is 2.75 bits per heavy atom. The van der Waals surface area contributed by atoms with Crippen LogP contribution < -0.4 is 4.90 Å². The normalized spacial score (nSPS) is 17.5. The summed E-state index contributed by atoms with van der Waals surface area (Å²) in [5, 5.41) is 18.4. The molecule has 2 rings (SSSR count). The molecule has 2 heterocycles. The maximum Gasteiger partial charge on any atom is 0.309 e. The molecule has 0 saturated carbocycles. The van der Waals surface area contributed by atoms with E-state index in [1.54, 1.807) is 6.07 Å². The van der Waals surface area contributed by atoms with Gasteiger partial charge in [-0.05, 0) is 31.4 Å². The third kappa shape index (κ3) is 2.74. The minimum atomic E-state index is -0.683. The first kappa shape index (κ1) is 14.3. The van der Waals surface area contributed by atoms with Crippen molar-refractivity contribution >= 4 is 11.8 Å². The summed E-state index contributed by atoms with van der Waals surface area (Å²) in [6.45, 7) is 3.37. The fraction of sp³-hybridized carbons (Fsp3) is 0.533. The lowest BCUT2D eigenvalue weighted by molar-refractivity contribution is -0.150. The predicted molar refractivity (Wildman–Crippen MR) is 75.4 cm³/mol. The molecule has 20 heavy (non-hydrogen) atoms. The van der Waals surface area contributed by atoms with Gasteiger partial charge in [-0.1, -0.05) is 19.4 Å². The van der Waals surface area contributed by atoms with Crippen LogP contribution in [0.1, 0.15) is 38.3 Å². The average molecular weight is 273 g/mol. The van der Waals surface area contributed by atoms with E-state index >= 15 is 0 Å². The zero-order valence-corrected chi connectivity index (χ0v) is 11.7. The molecule has 1 N–H and O–H groups in total. The molecule has 0 aliphatic carbocycles. The van der Waals surface area contributed by atoms with Crippen LogP contribution in [0.4, 0.5) is 5.82 Å². The number of hydrogen-bond donors (Lipinski definition) is 1. The van der Waals surface area contributed by atoms with Crippen LogP contribution in [0.3, 0.4) is 0 Å². The van der Waals surface area contributed by atoms with Crippen molar-refractivity contribution < 1.29 is 9.90 Å². The first-order valence-electron chi connectivity index (χ1n) is 6.97. The first-order chi connectivity index (χ1) is 9.61. The van der Waals surface area contributed by atoms with E-state index in [9.17, 15) is 9.90 Å². The highest BCUT2D eigenvalue weighted by Crippen LogP contribution is 2.37. The maximum absolute atomic E-state index is 11.5. The van der Waals surface area contributed by atoms with Gasteiger partial charge in [-0.15, -0.1) is 0 Å². The van der Waals surface area contributed by atoms with Gasteiger partial charge in [-0.2, -0.15) is 5.26 Å². The Labute approximate surface area is 118 Å². The number of carbonyl (C=O) groups is 1. The number of nitrogens with zero attached hydrogens (tertiary/aromatic N) is 3. The second-order valence-corrected chi connectivity index (χ2v) is 5.32. The number of piperidine rings is 1. The van der Waals surface area contributed by atoms with Crippen molar-refractivity contribution in [3.05, 3.63) is 23.9 Å². The van der Waals surface area contributed by atoms with Crippen LogP contribution in [0, 0.1) is 16.7 Å². The number of rotatable bonds is 4. The Morgan fingerprint density at radius 2 is 2.20 bits per heavy atom. The number of carboxylic acid groups (broad SMARTS) is 1. The quantitative estimate of drug-likeness (QED) is 0.911. The molecule has 1 aliphatic rings. The number of pyridine rings is 1. The number of aromatic nitrogens is 1. The van der Waals surface area contributed by atoms with E-state index in [1.165, 1.54) is 0 Å². The van der Waals surface area contributed by atoms with Crippen LogP contribution in [0.25, 0.3) is 0 Å². The van der Waals surface area contributed by atoms with E-state index in [0.29, 0.717) is 31.6 Å². The monoisotopic (exact) mass is 273 g/mol. The fourth-order valence-corrected chi connectivity index (χ4v) is 2.87. The third-order valence-corrected chi connectivity index (χ3v) is 4.08. The molecule has 0 radical (unpaired) electrons. The van der Waals surface area contributed by atoms with E-state index < -0.39 is 11.4 Å². The Morgan fingerprint density at radius 1 is 1.50 bits per heavy atom. The van der Waals surface area contributed by atoms with E-state index in [0.717, 1.165) is 18.7 Å². The van der Waals surface area contributed by atoms with Gasteiger partial charge in [0.05, 0.1) is 5.41 Å². The molecule has 0 unspecified atom stereocenters.